The van der Waals surface area contributed by atoms with Gasteiger partial charge in [-0.05, 0) is 12.3 Å². The number of aliphatic carboxylic acids is 1. The number of urea groups is 1. The van der Waals surface area contributed by atoms with Crippen molar-refractivity contribution in [2.75, 3.05) is 45.3 Å². The minimum absolute atomic E-state index is 0.307. The van der Waals surface area contributed by atoms with E-state index in [0.717, 1.165) is 30.9 Å². The summed E-state index contributed by atoms with van der Waals surface area (Å²) in [7, 11) is 1.66. The van der Waals surface area contributed by atoms with Crippen molar-refractivity contribution in [2.45, 2.75) is 12.6 Å². The number of carboxylic acid groups (broad SMARTS) is 1. The van der Waals surface area contributed by atoms with Crippen molar-refractivity contribution in [3.05, 3.63) is 29.8 Å². The van der Waals surface area contributed by atoms with Crippen LogP contribution in [0.2, 0.25) is 0 Å². The first-order valence-corrected chi connectivity index (χ1v) is 9.56. The number of para-hydroxylation sites is 1. The molecule has 1 fully saturated rings. The number of methoxy groups -OCH3 is 1. The van der Waals surface area contributed by atoms with E-state index >= 15 is 0 Å². The van der Waals surface area contributed by atoms with Gasteiger partial charge in [0, 0.05) is 44.0 Å². The number of nitrogens with zero attached hydrogens (tertiary/aromatic N) is 2. The summed E-state index contributed by atoms with van der Waals surface area (Å²) in [5.74, 6) is 0.219. The second-order valence-corrected chi connectivity index (χ2v) is 6.78. The number of nitrogens with one attached hydrogen (secondary N) is 1. The first-order chi connectivity index (χ1) is 12.0. The SMILES string of the molecule is COc1ccccc1CN1CCN(C(=O)N[C@@H](CSC)C(=O)O)CC1. The average Bonchev–Trinajstić information content (AvgIpc) is 2.62. The molecule has 138 valence electrons. The van der Waals surface area contributed by atoms with E-state index in [-0.39, 0.29) is 6.03 Å². The van der Waals surface area contributed by atoms with Gasteiger partial charge >= 0.3 is 12.0 Å². The van der Waals surface area contributed by atoms with E-state index in [1.165, 1.54) is 11.8 Å². The van der Waals surface area contributed by atoms with E-state index in [4.69, 9.17) is 9.84 Å². The Labute approximate surface area is 152 Å². The van der Waals surface area contributed by atoms with E-state index in [2.05, 4.69) is 10.2 Å². The minimum Gasteiger partial charge on any atom is -0.496 e. The molecule has 0 bridgehead atoms. The van der Waals surface area contributed by atoms with Crippen LogP contribution in [-0.2, 0) is 11.3 Å². The Morgan fingerprint density at radius 1 is 1.28 bits per heavy atom. The maximum absolute atomic E-state index is 12.3. The van der Waals surface area contributed by atoms with Gasteiger partial charge in [0.15, 0.2) is 0 Å². The predicted molar refractivity (Wildman–Crippen MR) is 98.2 cm³/mol. The predicted octanol–water partition coefficient (Wildman–Crippen LogP) is 1.34. The van der Waals surface area contributed by atoms with Gasteiger partial charge < -0.3 is 20.1 Å². The molecule has 0 aliphatic carbocycles. The Morgan fingerprint density at radius 3 is 2.56 bits per heavy atom. The number of piperazine rings is 1. The number of rotatable bonds is 7. The van der Waals surface area contributed by atoms with Crippen LogP contribution < -0.4 is 10.1 Å². The standard InChI is InChI=1S/C17H25N3O4S/c1-24-15-6-4-3-5-13(15)11-19-7-9-20(10-8-19)17(23)18-14(12-25-2)16(21)22/h3-6,14H,7-12H2,1-2H3,(H,18,23)(H,21,22)/t14-/m0/s1. The van der Waals surface area contributed by atoms with Gasteiger partial charge in [0.05, 0.1) is 7.11 Å². The number of carbonyl (C=O) groups is 2. The average molecular weight is 367 g/mol. The zero-order valence-corrected chi connectivity index (χ0v) is 15.4. The number of hydrogen-bond donors (Lipinski definition) is 2. The summed E-state index contributed by atoms with van der Waals surface area (Å²) in [5.41, 5.74) is 1.12. The highest BCUT2D eigenvalue weighted by Gasteiger charge is 2.25. The molecule has 0 radical (unpaired) electrons. The minimum atomic E-state index is -1.00. The molecular weight excluding hydrogens is 342 g/mol. The van der Waals surface area contributed by atoms with Crippen LogP contribution in [-0.4, -0.2) is 78.2 Å². The monoisotopic (exact) mass is 367 g/mol. The van der Waals surface area contributed by atoms with E-state index in [0.29, 0.717) is 18.8 Å². The van der Waals surface area contributed by atoms with Gasteiger partial charge in [0.1, 0.15) is 11.8 Å². The molecule has 1 aliphatic rings. The van der Waals surface area contributed by atoms with Gasteiger partial charge in [-0.1, -0.05) is 18.2 Å². The lowest BCUT2D eigenvalue weighted by atomic mass is 10.1. The molecule has 2 amide bonds. The number of carbonyl (C=O) groups excluding carboxylic acids is 1. The van der Waals surface area contributed by atoms with Crippen molar-refractivity contribution in [3.63, 3.8) is 0 Å². The molecule has 2 rings (SSSR count). The summed E-state index contributed by atoms with van der Waals surface area (Å²) in [5, 5.41) is 11.7. The Morgan fingerprint density at radius 2 is 1.96 bits per heavy atom. The molecule has 0 spiro atoms. The van der Waals surface area contributed by atoms with Crippen molar-refractivity contribution < 1.29 is 19.4 Å². The molecule has 1 atom stereocenters. The highest BCUT2D eigenvalue weighted by molar-refractivity contribution is 7.98. The van der Waals surface area contributed by atoms with Crippen LogP contribution in [0.1, 0.15) is 5.56 Å². The van der Waals surface area contributed by atoms with Crippen molar-refractivity contribution in [1.29, 1.82) is 0 Å². The summed E-state index contributed by atoms with van der Waals surface area (Å²) in [6.07, 6.45) is 1.82. The lowest BCUT2D eigenvalue weighted by Gasteiger charge is -2.35. The zero-order chi connectivity index (χ0) is 18.2. The number of ether oxygens (including phenoxy) is 1. The molecule has 0 unspecified atom stereocenters. The number of thioether (sulfide) groups is 1. The summed E-state index contributed by atoms with van der Waals surface area (Å²) < 4.78 is 5.38. The molecule has 2 N–H and O–H groups in total. The Hall–Kier alpha value is -1.93. The fraction of sp³-hybridized carbons (Fsp3) is 0.529. The Balaban J connectivity index is 1.84. The lowest BCUT2D eigenvalue weighted by Crippen LogP contribution is -2.54. The first kappa shape index (κ1) is 19.4. The highest BCUT2D eigenvalue weighted by Crippen LogP contribution is 2.20. The van der Waals surface area contributed by atoms with E-state index < -0.39 is 12.0 Å². The smallest absolute Gasteiger partial charge is 0.327 e. The van der Waals surface area contributed by atoms with Crippen LogP contribution in [0.15, 0.2) is 24.3 Å². The second kappa shape index (κ2) is 9.53. The fourth-order valence-corrected chi connectivity index (χ4v) is 3.32. The molecule has 8 heteroatoms. The van der Waals surface area contributed by atoms with Gasteiger partial charge in [-0.15, -0.1) is 0 Å². The van der Waals surface area contributed by atoms with Crippen molar-refractivity contribution >= 4 is 23.8 Å². The molecule has 7 nitrogen and oxygen atoms in total. The maximum atomic E-state index is 12.3. The van der Waals surface area contributed by atoms with Crippen LogP contribution in [0.4, 0.5) is 4.79 Å². The molecule has 1 aliphatic heterocycles. The van der Waals surface area contributed by atoms with Gasteiger partial charge in [0.2, 0.25) is 0 Å². The molecule has 1 saturated heterocycles. The summed E-state index contributed by atoms with van der Waals surface area (Å²) in [6.45, 7) is 3.40. The first-order valence-electron chi connectivity index (χ1n) is 8.16. The Bertz CT molecular complexity index is 591. The Kier molecular flexibility index (Phi) is 7.39. The molecule has 1 aromatic rings. The number of benzene rings is 1. The topological polar surface area (TPSA) is 82.1 Å². The van der Waals surface area contributed by atoms with E-state index in [1.54, 1.807) is 12.0 Å². The zero-order valence-electron chi connectivity index (χ0n) is 14.6. The van der Waals surface area contributed by atoms with E-state index in [1.807, 2.05) is 30.5 Å². The number of hydrogen-bond acceptors (Lipinski definition) is 5. The summed E-state index contributed by atoms with van der Waals surface area (Å²) in [6, 6.07) is 6.75. The van der Waals surface area contributed by atoms with Crippen LogP contribution in [0.3, 0.4) is 0 Å². The highest BCUT2D eigenvalue weighted by atomic mass is 32.2. The molecule has 1 aromatic carbocycles. The molecule has 1 heterocycles. The fourth-order valence-electron chi connectivity index (χ4n) is 2.77. The van der Waals surface area contributed by atoms with E-state index in [9.17, 15) is 9.59 Å². The van der Waals surface area contributed by atoms with Crippen LogP contribution >= 0.6 is 11.8 Å². The quantitative estimate of drug-likeness (QED) is 0.757. The number of amides is 2. The third-order valence-corrected chi connectivity index (χ3v) is 4.84. The van der Waals surface area contributed by atoms with Crippen molar-refractivity contribution in [1.82, 2.24) is 15.1 Å². The molecule has 0 aromatic heterocycles. The summed E-state index contributed by atoms with van der Waals surface area (Å²) >= 11 is 1.40. The summed E-state index contributed by atoms with van der Waals surface area (Å²) in [4.78, 5) is 27.4. The number of carboxylic acids is 1. The molecular formula is C17H25N3O4S. The van der Waals surface area contributed by atoms with Gasteiger partial charge in [0.25, 0.3) is 0 Å². The largest absolute Gasteiger partial charge is 0.496 e. The molecule has 25 heavy (non-hydrogen) atoms. The normalized spacial score (nSPS) is 16.3. The second-order valence-electron chi connectivity index (χ2n) is 5.87. The third-order valence-electron chi connectivity index (χ3n) is 4.18. The van der Waals surface area contributed by atoms with Crippen LogP contribution in [0, 0.1) is 0 Å². The van der Waals surface area contributed by atoms with Gasteiger partial charge in [-0.2, -0.15) is 11.8 Å². The van der Waals surface area contributed by atoms with Crippen molar-refractivity contribution in [3.8, 4) is 5.75 Å². The molecule has 0 saturated carbocycles. The van der Waals surface area contributed by atoms with Gasteiger partial charge in [-0.3, -0.25) is 4.90 Å². The maximum Gasteiger partial charge on any atom is 0.327 e. The van der Waals surface area contributed by atoms with Crippen LogP contribution in [0.5, 0.6) is 5.75 Å². The lowest BCUT2D eigenvalue weighted by molar-refractivity contribution is -0.138. The van der Waals surface area contributed by atoms with Crippen LogP contribution in [0.25, 0.3) is 0 Å². The van der Waals surface area contributed by atoms with Crippen molar-refractivity contribution in [2.24, 2.45) is 0 Å². The third kappa shape index (κ3) is 5.54. The van der Waals surface area contributed by atoms with Gasteiger partial charge in [-0.25, -0.2) is 9.59 Å².